The Hall–Kier alpha value is -1.97. The van der Waals surface area contributed by atoms with Crippen LogP contribution < -0.4 is 10.2 Å². The van der Waals surface area contributed by atoms with Gasteiger partial charge in [0.05, 0.1) is 6.26 Å². The second kappa shape index (κ2) is 4.49. The van der Waals surface area contributed by atoms with Crippen molar-refractivity contribution < 1.29 is 13.9 Å². The van der Waals surface area contributed by atoms with Crippen LogP contribution in [0.4, 0.5) is 0 Å². The minimum Gasteiger partial charge on any atom is -0.465 e. The lowest BCUT2D eigenvalue weighted by molar-refractivity contribution is 0.00756. The number of ether oxygens (including phenoxy) is 2. The van der Waals surface area contributed by atoms with Crippen LogP contribution in [0.25, 0.3) is 0 Å². The monoisotopic (exact) mass is 234 g/mol. The number of rotatable bonds is 3. The van der Waals surface area contributed by atoms with E-state index >= 15 is 0 Å². The molecule has 0 radical (unpaired) electrons. The zero-order valence-electron chi connectivity index (χ0n) is 9.86. The fourth-order valence-corrected chi connectivity index (χ4v) is 1.55. The van der Waals surface area contributed by atoms with Gasteiger partial charge in [-0.1, -0.05) is 13.5 Å². The number of hydrogen-bond donors (Lipinski definition) is 0. The van der Waals surface area contributed by atoms with Gasteiger partial charge in [-0.15, -0.1) is 0 Å². The lowest BCUT2D eigenvalue weighted by Crippen LogP contribution is -2.19. The van der Waals surface area contributed by atoms with E-state index in [1.54, 1.807) is 6.08 Å². The van der Waals surface area contributed by atoms with Crippen molar-refractivity contribution in [3.05, 3.63) is 52.3 Å². The van der Waals surface area contributed by atoms with E-state index < -0.39 is 6.29 Å². The quantitative estimate of drug-likeness (QED) is 0.805. The van der Waals surface area contributed by atoms with Crippen molar-refractivity contribution in [2.75, 3.05) is 0 Å². The molecule has 1 unspecified atom stereocenters. The summed E-state index contributed by atoms with van der Waals surface area (Å²) in [5.41, 5.74) is 0.702. The van der Waals surface area contributed by atoms with Crippen LogP contribution in [0.15, 0.2) is 45.5 Å². The molecule has 0 amide bonds. The summed E-state index contributed by atoms with van der Waals surface area (Å²) >= 11 is 0. The smallest absolute Gasteiger partial charge is 0.261 e. The molecule has 0 saturated carbocycles. The van der Waals surface area contributed by atoms with Gasteiger partial charge < -0.3 is 13.9 Å². The molecule has 0 aliphatic carbocycles. The highest BCUT2D eigenvalue weighted by Gasteiger charge is 2.21. The predicted molar refractivity (Wildman–Crippen MR) is 62.8 cm³/mol. The van der Waals surface area contributed by atoms with Crippen molar-refractivity contribution in [3.8, 4) is 5.75 Å². The maximum atomic E-state index is 11.7. The van der Waals surface area contributed by atoms with Crippen molar-refractivity contribution in [3.63, 3.8) is 0 Å². The summed E-state index contributed by atoms with van der Waals surface area (Å²) < 4.78 is 16.1. The number of aryl methyl sites for hydroxylation is 1. The lowest BCUT2D eigenvalue weighted by atomic mass is 10.3. The molecule has 17 heavy (non-hydrogen) atoms. The molecule has 0 aromatic carbocycles. The maximum Gasteiger partial charge on any atom is 0.261 e. The SMILES string of the molecule is C=C1OC(Oc2c(CC)occc2=O)C=C1C. The Kier molecular flexibility index (Phi) is 3.04. The van der Waals surface area contributed by atoms with Crippen LogP contribution in [0.3, 0.4) is 0 Å². The highest BCUT2D eigenvalue weighted by Crippen LogP contribution is 2.24. The van der Waals surface area contributed by atoms with Gasteiger partial charge in [0.25, 0.3) is 6.29 Å². The molecule has 0 fully saturated rings. The lowest BCUT2D eigenvalue weighted by Gasteiger charge is -2.13. The fourth-order valence-electron chi connectivity index (χ4n) is 1.55. The van der Waals surface area contributed by atoms with Crippen LogP contribution in [-0.4, -0.2) is 6.29 Å². The minimum atomic E-state index is -0.599. The van der Waals surface area contributed by atoms with Crippen molar-refractivity contribution in [1.29, 1.82) is 0 Å². The Bertz CT molecular complexity index is 524. The molecule has 1 aromatic heterocycles. The van der Waals surface area contributed by atoms with Crippen molar-refractivity contribution in [2.45, 2.75) is 26.6 Å². The zero-order valence-corrected chi connectivity index (χ0v) is 9.86. The van der Waals surface area contributed by atoms with Gasteiger partial charge in [0.2, 0.25) is 11.2 Å². The van der Waals surface area contributed by atoms with Crippen LogP contribution in [-0.2, 0) is 11.2 Å². The first-order chi connectivity index (χ1) is 8.11. The van der Waals surface area contributed by atoms with Crippen LogP contribution >= 0.6 is 0 Å². The molecule has 4 heteroatoms. The molecule has 0 spiro atoms. The molecule has 1 aromatic rings. The van der Waals surface area contributed by atoms with E-state index in [2.05, 4.69) is 6.58 Å². The standard InChI is InChI=1S/C13H14O4/c1-4-11-13(10(14)5-6-15-11)17-12-7-8(2)9(3)16-12/h5-7,12H,3-4H2,1-2H3. The molecular formula is C13H14O4. The van der Waals surface area contributed by atoms with Crippen LogP contribution in [0.1, 0.15) is 19.6 Å². The Morgan fingerprint density at radius 2 is 2.29 bits per heavy atom. The highest BCUT2D eigenvalue weighted by molar-refractivity contribution is 5.29. The van der Waals surface area contributed by atoms with Crippen LogP contribution in [0.5, 0.6) is 5.75 Å². The average Bonchev–Trinajstić information content (AvgIpc) is 2.61. The summed E-state index contributed by atoms with van der Waals surface area (Å²) in [7, 11) is 0. The third-order valence-electron chi connectivity index (χ3n) is 2.55. The first kappa shape index (κ1) is 11.5. The molecule has 1 aliphatic heterocycles. The molecule has 1 aliphatic rings. The van der Waals surface area contributed by atoms with Crippen molar-refractivity contribution in [2.24, 2.45) is 0 Å². The van der Waals surface area contributed by atoms with Gasteiger partial charge in [-0.2, -0.15) is 0 Å². The normalized spacial score (nSPS) is 18.8. The summed E-state index contributed by atoms with van der Waals surface area (Å²) in [6, 6.07) is 1.33. The molecule has 1 atom stereocenters. The van der Waals surface area contributed by atoms with E-state index in [1.165, 1.54) is 12.3 Å². The molecule has 2 rings (SSSR count). The Morgan fingerprint density at radius 1 is 1.53 bits per heavy atom. The van der Waals surface area contributed by atoms with Gasteiger partial charge >= 0.3 is 0 Å². The minimum absolute atomic E-state index is 0.207. The van der Waals surface area contributed by atoms with E-state index in [0.29, 0.717) is 17.9 Å². The molecule has 0 saturated heterocycles. The fraction of sp³-hybridized carbons (Fsp3) is 0.308. The zero-order chi connectivity index (χ0) is 12.4. The second-order valence-electron chi connectivity index (χ2n) is 3.77. The van der Waals surface area contributed by atoms with E-state index in [0.717, 1.165) is 5.57 Å². The summed E-state index contributed by atoms with van der Waals surface area (Å²) in [6.45, 7) is 7.48. The van der Waals surface area contributed by atoms with Gasteiger partial charge in [-0.05, 0) is 12.5 Å². The van der Waals surface area contributed by atoms with Gasteiger partial charge in [-0.25, -0.2) is 0 Å². The molecule has 0 N–H and O–H groups in total. The summed E-state index contributed by atoms with van der Waals surface area (Å²) in [5.74, 6) is 1.29. The summed E-state index contributed by atoms with van der Waals surface area (Å²) in [6.07, 6.45) is 3.12. The first-order valence-corrected chi connectivity index (χ1v) is 5.43. The van der Waals surface area contributed by atoms with E-state index in [9.17, 15) is 4.79 Å². The van der Waals surface area contributed by atoms with E-state index in [-0.39, 0.29) is 11.2 Å². The third-order valence-corrected chi connectivity index (χ3v) is 2.55. The molecule has 0 bridgehead atoms. The largest absolute Gasteiger partial charge is 0.465 e. The van der Waals surface area contributed by atoms with Crippen LogP contribution in [0.2, 0.25) is 0 Å². The average molecular weight is 234 g/mol. The van der Waals surface area contributed by atoms with Gasteiger partial charge in [-0.3, -0.25) is 4.79 Å². The second-order valence-corrected chi connectivity index (χ2v) is 3.77. The summed E-state index contributed by atoms with van der Waals surface area (Å²) in [5, 5.41) is 0. The third kappa shape index (κ3) is 2.25. The molecule has 4 nitrogen and oxygen atoms in total. The van der Waals surface area contributed by atoms with Crippen molar-refractivity contribution in [1.82, 2.24) is 0 Å². The van der Waals surface area contributed by atoms with Crippen molar-refractivity contribution >= 4 is 0 Å². The van der Waals surface area contributed by atoms with E-state index in [4.69, 9.17) is 13.9 Å². The highest BCUT2D eigenvalue weighted by atomic mass is 16.7. The predicted octanol–water partition coefficient (Wildman–Crippen LogP) is 2.40. The Morgan fingerprint density at radius 3 is 2.88 bits per heavy atom. The number of allylic oxidation sites excluding steroid dienone is 1. The molecule has 90 valence electrons. The summed E-state index contributed by atoms with van der Waals surface area (Å²) in [4.78, 5) is 11.7. The Labute approximate surface area is 99.2 Å². The van der Waals surface area contributed by atoms with Gasteiger partial charge in [0.1, 0.15) is 11.5 Å². The van der Waals surface area contributed by atoms with Crippen LogP contribution in [0, 0.1) is 0 Å². The number of hydrogen-bond acceptors (Lipinski definition) is 4. The first-order valence-electron chi connectivity index (χ1n) is 5.43. The van der Waals surface area contributed by atoms with Gasteiger partial charge in [0, 0.05) is 18.6 Å². The van der Waals surface area contributed by atoms with Gasteiger partial charge in [0.15, 0.2) is 0 Å². The molecular weight excluding hydrogens is 220 g/mol. The molecule has 2 heterocycles. The van der Waals surface area contributed by atoms with E-state index in [1.807, 2.05) is 13.8 Å². The Balaban J connectivity index is 2.26. The topological polar surface area (TPSA) is 48.7 Å². The maximum absolute atomic E-state index is 11.7.